The fourth-order valence-corrected chi connectivity index (χ4v) is 4.91. The third-order valence-corrected chi connectivity index (χ3v) is 6.40. The summed E-state index contributed by atoms with van der Waals surface area (Å²) in [4.78, 5) is 16.9. The van der Waals surface area contributed by atoms with Gasteiger partial charge in [-0.25, -0.2) is 0 Å². The average molecular weight is 407 g/mol. The van der Waals surface area contributed by atoms with Crippen molar-refractivity contribution in [3.63, 3.8) is 0 Å². The first-order valence-electron chi connectivity index (χ1n) is 9.25. The lowest BCUT2D eigenvalue weighted by Crippen LogP contribution is -2.47. The minimum Gasteiger partial charge on any atom is -0.497 e. The molecule has 29 heavy (non-hydrogen) atoms. The largest absolute Gasteiger partial charge is 0.497 e. The number of hydrogen-bond acceptors (Lipinski definition) is 6. The Balaban J connectivity index is 1.65. The number of rotatable bonds is 4. The number of allylic oxidation sites excluding steroid dienone is 1. The monoisotopic (exact) mass is 407 g/mol. The predicted molar refractivity (Wildman–Crippen MR) is 113 cm³/mol. The number of ether oxygens (including phenoxy) is 2. The summed E-state index contributed by atoms with van der Waals surface area (Å²) >= 11 is 1.52. The zero-order chi connectivity index (χ0) is 20.4. The summed E-state index contributed by atoms with van der Waals surface area (Å²) in [6.45, 7) is 0.428. The Kier molecular flexibility index (Phi) is 5.36. The first-order valence-corrected chi connectivity index (χ1v) is 10.2. The van der Waals surface area contributed by atoms with Crippen LogP contribution in [0.25, 0.3) is 0 Å². The standard InChI is InChI=1S/C22H21N3O3S/c1-27-16-9-7-15(8-10-16)24-13-25-21(26)11-18(19(12-23)22(25)29-14-24)17-5-3-4-6-20(17)28-2/h3-10,18H,11,13-14H2,1-2H3. The molecule has 2 heterocycles. The normalized spacial score (nSPS) is 18.9. The number of para-hydroxylation sites is 1. The average Bonchev–Trinajstić information content (AvgIpc) is 2.78. The van der Waals surface area contributed by atoms with Crippen LogP contribution in [0.5, 0.6) is 11.5 Å². The highest BCUT2D eigenvalue weighted by Crippen LogP contribution is 2.45. The van der Waals surface area contributed by atoms with E-state index < -0.39 is 0 Å². The van der Waals surface area contributed by atoms with Crippen molar-refractivity contribution in [2.75, 3.05) is 31.7 Å². The maximum atomic E-state index is 13.0. The number of amides is 1. The molecule has 0 aliphatic carbocycles. The van der Waals surface area contributed by atoms with E-state index in [0.29, 0.717) is 23.9 Å². The van der Waals surface area contributed by atoms with Crippen LogP contribution in [0.3, 0.4) is 0 Å². The van der Waals surface area contributed by atoms with Crippen molar-refractivity contribution < 1.29 is 14.3 Å². The first-order chi connectivity index (χ1) is 14.2. The number of fused-ring (bicyclic) bond motifs is 1. The Morgan fingerprint density at radius 3 is 2.55 bits per heavy atom. The topological polar surface area (TPSA) is 65.8 Å². The molecular weight excluding hydrogens is 386 g/mol. The number of carbonyl (C=O) groups is 1. The molecule has 1 unspecified atom stereocenters. The van der Waals surface area contributed by atoms with Gasteiger partial charge in [-0.1, -0.05) is 30.0 Å². The number of hydrogen-bond donors (Lipinski definition) is 0. The van der Waals surface area contributed by atoms with Crippen molar-refractivity contribution in [1.29, 1.82) is 5.26 Å². The maximum absolute atomic E-state index is 13.0. The van der Waals surface area contributed by atoms with Crippen LogP contribution in [0.1, 0.15) is 17.9 Å². The molecule has 2 aromatic rings. The van der Waals surface area contributed by atoms with E-state index in [9.17, 15) is 10.1 Å². The highest BCUT2D eigenvalue weighted by atomic mass is 32.2. The van der Waals surface area contributed by atoms with Gasteiger partial charge in [0.25, 0.3) is 0 Å². The Bertz CT molecular complexity index is 997. The van der Waals surface area contributed by atoms with Crippen LogP contribution < -0.4 is 14.4 Å². The first kappa shape index (κ1) is 19.2. The van der Waals surface area contributed by atoms with Crippen LogP contribution in [-0.2, 0) is 4.79 Å². The number of carbonyl (C=O) groups excluding carboxylic acids is 1. The molecule has 2 aliphatic rings. The molecule has 1 amide bonds. The molecule has 2 aromatic carbocycles. The molecule has 1 saturated heterocycles. The van der Waals surface area contributed by atoms with E-state index in [1.54, 1.807) is 19.1 Å². The Hall–Kier alpha value is -3.11. The van der Waals surface area contributed by atoms with Gasteiger partial charge in [-0.15, -0.1) is 0 Å². The van der Waals surface area contributed by atoms with Gasteiger partial charge in [-0.3, -0.25) is 9.69 Å². The van der Waals surface area contributed by atoms with E-state index in [-0.39, 0.29) is 18.2 Å². The molecular formula is C22H21N3O3S. The second-order valence-electron chi connectivity index (χ2n) is 6.80. The SMILES string of the molecule is COc1ccc(N2CSC3=C(C#N)C(c4ccccc4OC)CC(=O)N3C2)cc1. The number of nitriles is 1. The summed E-state index contributed by atoms with van der Waals surface area (Å²) in [7, 11) is 3.24. The van der Waals surface area contributed by atoms with Gasteiger partial charge in [0, 0.05) is 23.6 Å². The lowest BCUT2D eigenvalue weighted by Gasteiger charge is -2.42. The number of thioether (sulfide) groups is 1. The highest BCUT2D eigenvalue weighted by molar-refractivity contribution is 8.03. The van der Waals surface area contributed by atoms with Crippen LogP contribution >= 0.6 is 11.8 Å². The van der Waals surface area contributed by atoms with Crippen molar-refractivity contribution in [1.82, 2.24) is 4.90 Å². The van der Waals surface area contributed by atoms with E-state index in [1.165, 1.54) is 11.8 Å². The summed E-state index contributed by atoms with van der Waals surface area (Å²) in [5.74, 6) is 1.89. The molecule has 4 rings (SSSR count). The number of nitrogens with zero attached hydrogens (tertiary/aromatic N) is 3. The van der Waals surface area contributed by atoms with Crippen LogP contribution in [0.2, 0.25) is 0 Å². The second-order valence-corrected chi connectivity index (χ2v) is 7.74. The third kappa shape index (κ3) is 3.52. The lowest BCUT2D eigenvalue weighted by molar-refractivity contribution is -0.129. The molecule has 0 saturated carbocycles. The fraction of sp³-hybridized carbons (Fsp3) is 0.273. The van der Waals surface area contributed by atoms with Gasteiger partial charge in [-0.2, -0.15) is 5.26 Å². The summed E-state index contributed by atoms with van der Waals surface area (Å²) in [5.41, 5.74) is 2.52. The van der Waals surface area contributed by atoms with Crippen molar-refractivity contribution in [3.8, 4) is 17.6 Å². The summed E-state index contributed by atoms with van der Waals surface area (Å²) in [6.07, 6.45) is 0.254. The predicted octanol–water partition coefficient (Wildman–Crippen LogP) is 3.92. The van der Waals surface area contributed by atoms with Crippen molar-refractivity contribution >= 4 is 23.4 Å². The van der Waals surface area contributed by atoms with E-state index in [0.717, 1.165) is 22.0 Å². The van der Waals surface area contributed by atoms with Gasteiger partial charge in [0.2, 0.25) is 5.91 Å². The van der Waals surface area contributed by atoms with Gasteiger partial charge < -0.3 is 14.4 Å². The van der Waals surface area contributed by atoms with Gasteiger partial charge in [0.05, 0.1) is 43.4 Å². The summed E-state index contributed by atoms with van der Waals surface area (Å²) < 4.78 is 10.7. The van der Waals surface area contributed by atoms with Crippen LogP contribution in [0.15, 0.2) is 59.1 Å². The molecule has 0 bridgehead atoms. The van der Waals surface area contributed by atoms with Gasteiger partial charge in [0.15, 0.2) is 0 Å². The van der Waals surface area contributed by atoms with Crippen molar-refractivity contribution in [3.05, 3.63) is 64.7 Å². The minimum absolute atomic E-state index is 0.0145. The second kappa shape index (κ2) is 8.10. The highest BCUT2D eigenvalue weighted by Gasteiger charge is 2.39. The molecule has 0 aromatic heterocycles. The zero-order valence-electron chi connectivity index (χ0n) is 16.3. The van der Waals surface area contributed by atoms with Gasteiger partial charge >= 0.3 is 0 Å². The van der Waals surface area contributed by atoms with Gasteiger partial charge in [-0.05, 0) is 30.3 Å². The van der Waals surface area contributed by atoms with Crippen LogP contribution in [0.4, 0.5) is 5.69 Å². The quantitative estimate of drug-likeness (QED) is 0.765. The van der Waals surface area contributed by atoms with E-state index in [4.69, 9.17) is 9.47 Å². The molecule has 0 spiro atoms. The van der Waals surface area contributed by atoms with Crippen LogP contribution in [-0.4, -0.2) is 37.6 Å². The van der Waals surface area contributed by atoms with Crippen molar-refractivity contribution in [2.24, 2.45) is 0 Å². The molecule has 6 nitrogen and oxygen atoms in total. The number of methoxy groups -OCH3 is 2. The smallest absolute Gasteiger partial charge is 0.229 e. The van der Waals surface area contributed by atoms with Crippen LogP contribution in [0, 0.1) is 11.3 Å². The Morgan fingerprint density at radius 2 is 1.86 bits per heavy atom. The fourth-order valence-electron chi connectivity index (χ4n) is 3.74. The van der Waals surface area contributed by atoms with E-state index >= 15 is 0 Å². The zero-order valence-corrected chi connectivity index (χ0v) is 17.1. The molecule has 0 radical (unpaired) electrons. The summed E-state index contributed by atoms with van der Waals surface area (Å²) in [6, 6.07) is 17.7. The molecule has 1 atom stereocenters. The molecule has 148 valence electrons. The Labute approximate surface area is 174 Å². The Morgan fingerprint density at radius 1 is 1.10 bits per heavy atom. The third-order valence-electron chi connectivity index (χ3n) is 5.25. The maximum Gasteiger partial charge on any atom is 0.229 e. The van der Waals surface area contributed by atoms with E-state index in [1.807, 2.05) is 48.5 Å². The number of anilines is 1. The minimum atomic E-state index is -0.282. The molecule has 0 N–H and O–H groups in total. The lowest BCUT2D eigenvalue weighted by atomic mass is 9.86. The summed E-state index contributed by atoms with van der Waals surface area (Å²) in [5, 5.41) is 10.7. The molecule has 7 heteroatoms. The molecule has 2 aliphatic heterocycles. The van der Waals surface area contributed by atoms with Crippen molar-refractivity contribution in [2.45, 2.75) is 12.3 Å². The van der Waals surface area contributed by atoms with E-state index in [2.05, 4.69) is 11.0 Å². The number of benzene rings is 2. The van der Waals surface area contributed by atoms with Gasteiger partial charge in [0.1, 0.15) is 11.5 Å². The molecule has 1 fully saturated rings.